The van der Waals surface area contributed by atoms with Gasteiger partial charge in [0.1, 0.15) is 0 Å². The smallest absolute Gasteiger partial charge is 0.305 e. The first-order valence-electron chi connectivity index (χ1n) is 7.21. The van der Waals surface area contributed by atoms with Crippen molar-refractivity contribution in [2.75, 3.05) is 7.11 Å². The van der Waals surface area contributed by atoms with Gasteiger partial charge in [-0.05, 0) is 27.6 Å². The van der Waals surface area contributed by atoms with Gasteiger partial charge in [0.05, 0.1) is 13.5 Å². The van der Waals surface area contributed by atoms with E-state index in [0.717, 1.165) is 21.5 Å². The number of carbonyl (C=O) groups is 2. The number of ketones is 1. The van der Waals surface area contributed by atoms with E-state index in [2.05, 4.69) is 10.8 Å². The summed E-state index contributed by atoms with van der Waals surface area (Å²) in [7, 11) is 1.33. The molecule has 3 aromatic carbocycles. The van der Waals surface area contributed by atoms with Crippen molar-refractivity contribution in [3.05, 3.63) is 60.2 Å². The lowest BCUT2D eigenvalue weighted by Crippen LogP contribution is -2.06. The van der Waals surface area contributed by atoms with Crippen molar-refractivity contribution in [2.24, 2.45) is 0 Å². The minimum absolute atomic E-state index is 0.0349. The second kappa shape index (κ2) is 5.98. The first kappa shape index (κ1) is 14.3. The minimum Gasteiger partial charge on any atom is -0.469 e. The van der Waals surface area contributed by atoms with Gasteiger partial charge in [0.15, 0.2) is 5.78 Å². The predicted octanol–water partition coefficient (Wildman–Crippen LogP) is 4.13. The van der Waals surface area contributed by atoms with Crippen LogP contribution in [0.25, 0.3) is 21.5 Å². The lowest BCUT2D eigenvalue weighted by molar-refractivity contribution is -0.140. The Balaban J connectivity index is 2.11. The SMILES string of the molecule is COC(=O)CCC(=O)c1cc2ccccc2c2ccccc12. The van der Waals surface area contributed by atoms with E-state index in [1.165, 1.54) is 7.11 Å². The molecular formula is C19H16O3. The quantitative estimate of drug-likeness (QED) is 0.412. The van der Waals surface area contributed by atoms with E-state index in [9.17, 15) is 9.59 Å². The molecule has 0 fully saturated rings. The average molecular weight is 292 g/mol. The van der Waals surface area contributed by atoms with Crippen LogP contribution in [-0.2, 0) is 9.53 Å². The van der Waals surface area contributed by atoms with Crippen molar-refractivity contribution in [2.45, 2.75) is 12.8 Å². The van der Waals surface area contributed by atoms with Crippen LogP contribution in [0.15, 0.2) is 54.6 Å². The summed E-state index contributed by atoms with van der Waals surface area (Å²) in [4.78, 5) is 23.8. The highest BCUT2D eigenvalue weighted by atomic mass is 16.5. The third-order valence-electron chi connectivity index (χ3n) is 3.85. The van der Waals surface area contributed by atoms with Crippen LogP contribution < -0.4 is 0 Å². The minimum atomic E-state index is -0.363. The molecule has 0 aliphatic heterocycles. The largest absolute Gasteiger partial charge is 0.469 e. The Morgan fingerprint density at radius 1 is 0.864 bits per heavy atom. The zero-order chi connectivity index (χ0) is 15.5. The van der Waals surface area contributed by atoms with Gasteiger partial charge in [-0.25, -0.2) is 0 Å². The van der Waals surface area contributed by atoms with Crippen molar-refractivity contribution < 1.29 is 14.3 Å². The molecule has 0 aromatic heterocycles. The lowest BCUT2D eigenvalue weighted by Gasteiger charge is -2.09. The number of ether oxygens (including phenoxy) is 1. The number of hydrogen-bond acceptors (Lipinski definition) is 3. The zero-order valence-electron chi connectivity index (χ0n) is 12.3. The maximum absolute atomic E-state index is 12.5. The number of fused-ring (bicyclic) bond motifs is 3. The van der Waals surface area contributed by atoms with Crippen molar-refractivity contribution in [1.82, 2.24) is 0 Å². The van der Waals surface area contributed by atoms with Crippen LogP contribution in [0.3, 0.4) is 0 Å². The van der Waals surface area contributed by atoms with Crippen molar-refractivity contribution in [3.63, 3.8) is 0 Å². The highest BCUT2D eigenvalue weighted by Crippen LogP contribution is 2.29. The van der Waals surface area contributed by atoms with Crippen molar-refractivity contribution >= 4 is 33.3 Å². The fourth-order valence-corrected chi connectivity index (χ4v) is 2.74. The fourth-order valence-electron chi connectivity index (χ4n) is 2.74. The molecule has 0 radical (unpaired) electrons. The summed E-state index contributed by atoms with van der Waals surface area (Å²) in [6.45, 7) is 0. The Morgan fingerprint density at radius 2 is 1.50 bits per heavy atom. The number of methoxy groups -OCH3 is 1. The molecule has 0 N–H and O–H groups in total. The molecule has 3 nitrogen and oxygen atoms in total. The van der Waals surface area contributed by atoms with Gasteiger partial charge >= 0.3 is 5.97 Å². The first-order chi connectivity index (χ1) is 10.7. The lowest BCUT2D eigenvalue weighted by atomic mass is 9.94. The van der Waals surface area contributed by atoms with Gasteiger partial charge in [-0.3, -0.25) is 9.59 Å². The van der Waals surface area contributed by atoms with Crippen molar-refractivity contribution in [1.29, 1.82) is 0 Å². The summed E-state index contributed by atoms with van der Waals surface area (Å²) in [5, 5.41) is 4.14. The summed E-state index contributed by atoms with van der Waals surface area (Å²) < 4.78 is 4.60. The second-order valence-electron chi connectivity index (χ2n) is 5.19. The maximum atomic E-state index is 12.5. The van der Waals surface area contributed by atoms with Gasteiger partial charge in [0.25, 0.3) is 0 Å². The first-order valence-corrected chi connectivity index (χ1v) is 7.21. The maximum Gasteiger partial charge on any atom is 0.305 e. The zero-order valence-corrected chi connectivity index (χ0v) is 12.3. The van der Waals surface area contributed by atoms with Gasteiger partial charge in [0.2, 0.25) is 0 Å². The van der Waals surface area contributed by atoms with Crippen LogP contribution in [0.1, 0.15) is 23.2 Å². The van der Waals surface area contributed by atoms with Crippen LogP contribution in [0.2, 0.25) is 0 Å². The summed E-state index contributed by atoms with van der Waals surface area (Å²) >= 11 is 0. The van der Waals surface area contributed by atoms with Gasteiger partial charge in [-0.2, -0.15) is 0 Å². The van der Waals surface area contributed by atoms with E-state index >= 15 is 0 Å². The summed E-state index contributed by atoms with van der Waals surface area (Å²) in [6, 6.07) is 17.8. The molecule has 0 aliphatic carbocycles. The highest BCUT2D eigenvalue weighted by Gasteiger charge is 2.14. The molecule has 0 spiro atoms. The van der Waals surface area contributed by atoms with Gasteiger partial charge in [-0.15, -0.1) is 0 Å². The van der Waals surface area contributed by atoms with E-state index in [4.69, 9.17) is 0 Å². The molecule has 3 rings (SSSR count). The van der Waals surface area contributed by atoms with E-state index in [1.807, 2.05) is 48.5 Å². The Morgan fingerprint density at radius 3 is 2.23 bits per heavy atom. The molecule has 3 aromatic rings. The van der Waals surface area contributed by atoms with Crippen LogP contribution in [-0.4, -0.2) is 18.9 Å². The molecule has 0 saturated heterocycles. The molecule has 22 heavy (non-hydrogen) atoms. The monoisotopic (exact) mass is 292 g/mol. The number of carbonyl (C=O) groups excluding carboxylic acids is 2. The molecule has 110 valence electrons. The normalized spacial score (nSPS) is 10.8. The third-order valence-corrected chi connectivity index (χ3v) is 3.85. The molecule has 0 atom stereocenters. The van der Waals surface area contributed by atoms with E-state index < -0.39 is 0 Å². The summed E-state index contributed by atoms with van der Waals surface area (Å²) in [6.07, 6.45) is 0.269. The molecule has 0 aliphatic rings. The molecular weight excluding hydrogens is 276 g/mol. The van der Waals surface area contributed by atoms with Gasteiger partial charge in [-0.1, -0.05) is 48.5 Å². The Bertz CT molecular complexity index is 865. The predicted molar refractivity (Wildman–Crippen MR) is 87.0 cm³/mol. The number of hydrogen-bond donors (Lipinski definition) is 0. The van der Waals surface area contributed by atoms with Crippen LogP contribution in [0.4, 0.5) is 0 Å². The molecule has 3 heteroatoms. The molecule has 0 saturated carbocycles. The Hall–Kier alpha value is -2.68. The van der Waals surface area contributed by atoms with E-state index in [0.29, 0.717) is 5.56 Å². The Kier molecular flexibility index (Phi) is 3.88. The van der Waals surface area contributed by atoms with Crippen LogP contribution >= 0.6 is 0 Å². The summed E-state index contributed by atoms with van der Waals surface area (Å²) in [5.74, 6) is -0.397. The van der Waals surface area contributed by atoms with E-state index in [-0.39, 0.29) is 24.6 Å². The van der Waals surface area contributed by atoms with Crippen LogP contribution in [0, 0.1) is 0 Å². The number of Topliss-reactive ketones (excluding diaryl/α,β-unsaturated/α-hetero) is 1. The third kappa shape index (κ3) is 2.58. The number of esters is 1. The van der Waals surface area contributed by atoms with Crippen LogP contribution in [0.5, 0.6) is 0 Å². The standard InChI is InChI=1S/C19H16O3/c1-22-19(21)11-10-18(20)17-12-13-6-2-3-7-14(13)15-8-4-5-9-16(15)17/h2-9,12H,10-11H2,1H3. The topological polar surface area (TPSA) is 43.4 Å². The molecule has 0 heterocycles. The Labute approximate surface area is 128 Å². The fraction of sp³-hybridized carbons (Fsp3) is 0.158. The molecule has 0 unspecified atom stereocenters. The van der Waals surface area contributed by atoms with Gasteiger partial charge in [0, 0.05) is 12.0 Å². The second-order valence-corrected chi connectivity index (χ2v) is 5.19. The highest BCUT2D eigenvalue weighted by molar-refractivity contribution is 6.17. The van der Waals surface area contributed by atoms with Gasteiger partial charge < -0.3 is 4.74 Å². The number of benzene rings is 3. The molecule has 0 bridgehead atoms. The average Bonchev–Trinajstić information content (AvgIpc) is 2.58. The van der Waals surface area contributed by atoms with Crippen molar-refractivity contribution in [3.8, 4) is 0 Å². The number of rotatable bonds is 4. The van der Waals surface area contributed by atoms with E-state index in [1.54, 1.807) is 0 Å². The summed E-state index contributed by atoms with van der Waals surface area (Å²) in [5.41, 5.74) is 0.665. The molecule has 0 amide bonds.